The minimum atomic E-state index is -0.295. The molecule has 108 valence electrons. The average molecular weight is 284 g/mol. The number of hydrogen-bond acceptors (Lipinski definition) is 5. The summed E-state index contributed by atoms with van der Waals surface area (Å²) in [6, 6.07) is 5.72. The Hall–Kier alpha value is -2.88. The van der Waals surface area contributed by atoms with E-state index in [1.54, 1.807) is 30.3 Å². The Kier molecular flexibility index (Phi) is 4.51. The molecule has 2 aromatic rings. The number of aryl methyl sites for hydroxylation is 1. The molecule has 0 spiro atoms. The van der Waals surface area contributed by atoms with Gasteiger partial charge in [0.1, 0.15) is 0 Å². The number of hydrogen-bond donors (Lipinski definition) is 2. The molecular weight excluding hydrogens is 268 g/mol. The van der Waals surface area contributed by atoms with Crippen molar-refractivity contribution in [2.24, 2.45) is 0 Å². The first-order chi connectivity index (χ1) is 10.1. The van der Waals surface area contributed by atoms with Crippen molar-refractivity contribution in [2.75, 3.05) is 12.3 Å². The Morgan fingerprint density at radius 3 is 2.95 bits per heavy atom. The third-order valence-corrected chi connectivity index (χ3v) is 3.07. The number of nitrogens with one attached hydrogen (secondary N) is 1. The highest BCUT2D eigenvalue weighted by atomic mass is 16.2. The number of nitriles is 1. The summed E-state index contributed by atoms with van der Waals surface area (Å²) in [4.78, 5) is 18.1. The first-order valence-corrected chi connectivity index (χ1v) is 6.49. The summed E-state index contributed by atoms with van der Waals surface area (Å²) >= 11 is 0. The molecule has 7 heteroatoms. The molecule has 0 aliphatic carbocycles. The zero-order chi connectivity index (χ0) is 15.2. The predicted octanol–water partition coefficient (Wildman–Crippen LogP) is 1.25. The van der Waals surface area contributed by atoms with Crippen LogP contribution >= 0.6 is 0 Å². The second-order valence-corrected chi connectivity index (χ2v) is 4.61. The van der Waals surface area contributed by atoms with E-state index in [2.05, 4.69) is 15.2 Å². The van der Waals surface area contributed by atoms with E-state index in [1.807, 2.05) is 12.1 Å². The van der Waals surface area contributed by atoms with E-state index in [0.717, 1.165) is 5.56 Å². The number of nitrogens with two attached hydrogens (primary N) is 1. The van der Waals surface area contributed by atoms with Crippen LogP contribution in [0.1, 0.15) is 28.2 Å². The van der Waals surface area contributed by atoms with E-state index in [0.29, 0.717) is 24.5 Å². The normalized spacial score (nSPS) is 10.1. The lowest BCUT2D eigenvalue weighted by Crippen LogP contribution is -2.32. The maximum absolute atomic E-state index is 12.5. The van der Waals surface area contributed by atoms with Crippen molar-refractivity contribution in [1.82, 2.24) is 20.1 Å². The average Bonchev–Trinajstić information content (AvgIpc) is 2.84. The minimum Gasteiger partial charge on any atom is -0.395 e. The van der Waals surface area contributed by atoms with Gasteiger partial charge < -0.3 is 10.6 Å². The maximum Gasteiger partial charge on any atom is 0.276 e. The van der Waals surface area contributed by atoms with Gasteiger partial charge in [-0.1, -0.05) is 6.07 Å². The summed E-state index contributed by atoms with van der Waals surface area (Å²) in [7, 11) is 0. The Balaban J connectivity index is 2.21. The number of carbonyl (C=O) groups excluding carboxylic acids is 1. The van der Waals surface area contributed by atoms with Crippen molar-refractivity contribution in [1.29, 1.82) is 5.26 Å². The molecule has 0 saturated carbocycles. The van der Waals surface area contributed by atoms with Crippen molar-refractivity contribution in [3.63, 3.8) is 0 Å². The molecule has 0 aliphatic heterocycles. The van der Waals surface area contributed by atoms with Crippen LogP contribution < -0.4 is 5.73 Å². The molecule has 0 saturated heterocycles. The highest BCUT2D eigenvalue weighted by Crippen LogP contribution is 2.16. The summed E-state index contributed by atoms with van der Waals surface area (Å²) < 4.78 is 0. The van der Waals surface area contributed by atoms with Gasteiger partial charge in [0.25, 0.3) is 5.91 Å². The molecule has 0 fully saturated rings. The Labute approximate surface area is 122 Å². The van der Waals surface area contributed by atoms with Crippen molar-refractivity contribution in [3.05, 3.63) is 41.5 Å². The molecule has 7 nitrogen and oxygen atoms in total. The third-order valence-electron chi connectivity index (χ3n) is 3.07. The van der Waals surface area contributed by atoms with Gasteiger partial charge in [-0.05, 0) is 18.6 Å². The second kappa shape index (κ2) is 6.52. The maximum atomic E-state index is 12.5. The van der Waals surface area contributed by atoms with Crippen LogP contribution in [-0.2, 0) is 6.54 Å². The lowest BCUT2D eigenvalue weighted by atomic mass is 10.2. The number of aromatic nitrogens is 3. The van der Waals surface area contributed by atoms with Crippen molar-refractivity contribution >= 4 is 11.6 Å². The van der Waals surface area contributed by atoms with Gasteiger partial charge in [-0.3, -0.25) is 14.9 Å². The van der Waals surface area contributed by atoms with Crippen LogP contribution in [0.2, 0.25) is 0 Å². The van der Waals surface area contributed by atoms with E-state index in [9.17, 15) is 4.79 Å². The van der Waals surface area contributed by atoms with E-state index in [-0.39, 0.29) is 18.0 Å². The first kappa shape index (κ1) is 14.5. The monoisotopic (exact) mass is 284 g/mol. The van der Waals surface area contributed by atoms with Crippen LogP contribution in [-0.4, -0.2) is 32.5 Å². The summed E-state index contributed by atoms with van der Waals surface area (Å²) in [6.07, 6.45) is 3.60. The highest BCUT2D eigenvalue weighted by molar-refractivity contribution is 5.97. The summed E-state index contributed by atoms with van der Waals surface area (Å²) in [5.41, 5.74) is 7.91. The Bertz CT molecular complexity index is 658. The fourth-order valence-electron chi connectivity index (χ4n) is 1.90. The number of rotatable bonds is 5. The SMILES string of the molecule is Cc1[nH]nc(C(=O)N(CCC#N)Cc2cccnc2)c1N. The van der Waals surface area contributed by atoms with Gasteiger partial charge in [0.05, 0.1) is 23.9 Å². The van der Waals surface area contributed by atoms with Gasteiger partial charge >= 0.3 is 0 Å². The number of pyridine rings is 1. The van der Waals surface area contributed by atoms with Crippen LogP contribution in [0.4, 0.5) is 5.69 Å². The molecule has 0 unspecified atom stereocenters. The fourth-order valence-corrected chi connectivity index (χ4v) is 1.90. The van der Waals surface area contributed by atoms with E-state index in [4.69, 9.17) is 11.0 Å². The van der Waals surface area contributed by atoms with Crippen LogP contribution in [0.3, 0.4) is 0 Å². The molecule has 0 atom stereocenters. The molecular formula is C14H16N6O. The summed E-state index contributed by atoms with van der Waals surface area (Å²) in [6.45, 7) is 2.43. The minimum absolute atomic E-state index is 0.189. The van der Waals surface area contributed by atoms with Gasteiger partial charge in [-0.2, -0.15) is 10.4 Å². The fraction of sp³-hybridized carbons (Fsp3) is 0.286. The molecule has 2 aromatic heterocycles. The number of anilines is 1. The number of nitrogen functional groups attached to an aromatic ring is 1. The number of amides is 1. The Morgan fingerprint density at radius 2 is 2.38 bits per heavy atom. The molecule has 1 amide bonds. The second-order valence-electron chi connectivity index (χ2n) is 4.61. The van der Waals surface area contributed by atoms with E-state index in [1.165, 1.54) is 0 Å². The molecule has 21 heavy (non-hydrogen) atoms. The topological polar surface area (TPSA) is 112 Å². The Morgan fingerprint density at radius 1 is 1.57 bits per heavy atom. The third kappa shape index (κ3) is 3.36. The van der Waals surface area contributed by atoms with Gasteiger partial charge in [-0.15, -0.1) is 0 Å². The zero-order valence-corrected chi connectivity index (χ0v) is 11.7. The highest BCUT2D eigenvalue weighted by Gasteiger charge is 2.22. The van der Waals surface area contributed by atoms with Gasteiger partial charge in [0.2, 0.25) is 0 Å². The predicted molar refractivity (Wildman–Crippen MR) is 76.9 cm³/mol. The van der Waals surface area contributed by atoms with Crippen molar-refractivity contribution in [2.45, 2.75) is 19.9 Å². The molecule has 0 aromatic carbocycles. The largest absolute Gasteiger partial charge is 0.395 e. The first-order valence-electron chi connectivity index (χ1n) is 6.49. The van der Waals surface area contributed by atoms with Crippen LogP contribution in [0.25, 0.3) is 0 Å². The summed E-state index contributed by atoms with van der Waals surface area (Å²) in [5.74, 6) is -0.295. The van der Waals surface area contributed by atoms with Crippen LogP contribution in [0.5, 0.6) is 0 Å². The van der Waals surface area contributed by atoms with Crippen LogP contribution in [0, 0.1) is 18.3 Å². The molecule has 2 heterocycles. The lowest BCUT2D eigenvalue weighted by Gasteiger charge is -2.20. The standard InChI is InChI=1S/C14H16N6O/c1-10-12(16)13(19-18-10)14(21)20(7-3-5-15)9-11-4-2-6-17-8-11/h2,4,6,8H,3,7,9,16H2,1H3,(H,18,19). The molecule has 3 N–H and O–H groups in total. The molecule has 2 rings (SSSR count). The van der Waals surface area contributed by atoms with Crippen molar-refractivity contribution < 1.29 is 4.79 Å². The van der Waals surface area contributed by atoms with Gasteiger partial charge in [0.15, 0.2) is 5.69 Å². The number of nitrogens with zero attached hydrogens (tertiary/aromatic N) is 4. The number of H-pyrrole nitrogens is 1. The van der Waals surface area contributed by atoms with E-state index < -0.39 is 0 Å². The number of aromatic amines is 1. The number of carbonyl (C=O) groups is 1. The van der Waals surface area contributed by atoms with Crippen LogP contribution in [0.15, 0.2) is 24.5 Å². The molecule has 0 aliphatic rings. The lowest BCUT2D eigenvalue weighted by molar-refractivity contribution is 0.0742. The summed E-state index contributed by atoms with van der Waals surface area (Å²) in [5, 5.41) is 15.4. The van der Waals surface area contributed by atoms with Gasteiger partial charge in [-0.25, -0.2) is 0 Å². The van der Waals surface area contributed by atoms with Crippen molar-refractivity contribution in [3.8, 4) is 6.07 Å². The van der Waals surface area contributed by atoms with Gasteiger partial charge in [0, 0.05) is 25.5 Å². The van der Waals surface area contributed by atoms with E-state index >= 15 is 0 Å². The quantitative estimate of drug-likeness (QED) is 0.858. The zero-order valence-electron chi connectivity index (χ0n) is 11.7. The molecule has 0 bridgehead atoms. The molecule has 0 radical (unpaired) electrons. The smallest absolute Gasteiger partial charge is 0.276 e.